The number of piperidine rings is 2. The Morgan fingerprint density at radius 2 is 1.80 bits per heavy atom. The standard InChI is InChI=1S/C23H32N2/c1-2-8-22-17-23(10-9-20(22)7-1)21-11-15-25(16-12-21)14-4-6-19-5-3-13-24-18-19/h1-2,7-10,17,19,21,24H,3-6,11-16,18H2. The summed E-state index contributed by atoms with van der Waals surface area (Å²) in [6.07, 6.45) is 8.26. The lowest BCUT2D eigenvalue weighted by molar-refractivity contribution is 0.202. The zero-order valence-corrected chi connectivity index (χ0v) is 15.4. The smallest absolute Gasteiger partial charge is 0.00129 e. The third kappa shape index (κ3) is 4.43. The van der Waals surface area contributed by atoms with Crippen LogP contribution in [0.3, 0.4) is 0 Å². The molecule has 134 valence electrons. The van der Waals surface area contributed by atoms with Gasteiger partial charge in [0.2, 0.25) is 0 Å². The van der Waals surface area contributed by atoms with E-state index in [-0.39, 0.29) is 0 Å². The van der Waals surface area contributed by atoms with E-state index in [0.29, 0.717) is 0 Å². The first kappa shape index (κ1) is 17.1. The van der Waals surface area contributed by atoms with Crippen LogP contribution in [0.5, 0.6) is 0 Å². The quantitative estimate of drug-likeness (QED) is 0.844. The van der Waals surface area contributed by atoms with Crippen LogP contribution < -0.4 is 5.32 Å². The molecule has 1 unspecified atom stereocenters. The number of nitrogens with one attached hydrogen (secondary N) is 1. The van der Waals surface area contributed by atoms with Crippen LogP contribution in [0.2, 0.25) is 0 Å². The maximum absolute atomic E-state index is 3.55. The highest BCUT2D eigenvalue weighted by Gasteiger charge is 2.21. The van der Waals surface area contributed by atoms with Crippen molar-refractivity contribution in [3.63, 3.8) is 0 Å². The summed E-state index contributed by atoms with van der Waals surface area (Å²) in [6.45, 7) is 6.35. The van der Waals surface area contributed by atoms with Crippen molar-refractivity contribution in [2.24, 2.45) is 5.92 Å². The lowest BCUT2D eigenvalue weighted by Crippen LogP contribution is -2.34. The minimum Gasteiger partial charge on any atom is -0.316 e. The lowest BCUT2D eigenvalue weighted by atomic mass is 9.88. The van der Waals surface area contributed by atoms with E-state index in [1.54, 1.807) is 5.56 Å². The highest BCUT2D eigenvalue weighted by Crippen LogP contribution is 2.30. The number of benzene rings is 2. The molecule has 2 aliphatic heterocycles. The summed E-state index contributed by atoms with van der Waals surface area (Å²) in [6, 6.07) is 15.8. The fourth-order valence-corrected chi connectivity index (χ4v) is 4.73. The number of hydrogen-bond donors (Lipinski definition) is 1. The largest absolute Gasteiger partial charge is 0.316 e. The Hall–Kier alpha value is -1.38. The Labute approximate surface area is 152 Å². The van der Waals surface area contributed by atoms with Gasteiger partial charge in [-0.25, -0.2) is 0 Å². The number of hydrogen-bond acceptors (Lipinski definition) is 2. The van der Waals surface area contributed by atoms with E-state index in [1.165, 1.54) is 82.0 Å². The normalized spacial score (nSPS) is 23.1. The zero-order chi connectivity index (χ0) is 16.9. The molecule has 0 amide bonds. The second kappa shape index (κ2) is 8.33. The van der Waals surface area contributed by atoms with Gasteiger partial charge < -0.3 is 10.2 Å². The second-order valence-corrected chi connectivity index (χ2v) is 8.08. The van der Waals surface area contributed by atoms with Crippen LogP contribution in [-0.2, 0) is 0 Å². The Kier molecular flexibility index (Phi) is 5.68. The van der Waals surface area contributed by atoms with Gasteiger partial charge in [0.25, 0.3) is 0 Å². The van der Waals surface area contributed by atoms with Crippen molar-refractivity contribution in [1.82, 2.24) is 10.2 Å². The first-order chi connectivity index (χ1) is 12.4. The molecule has 0 aromatic heterocycles. The third-order valence-electron chi connectivity index (χ3n) is 6.32. The van der Waals surface area contributed by atoms with Gasteiger partial charge in [-0.05, 0) is 99.4 Å². The molecule has 25 heavy (non-hydrogen) atoms. The van der Waals surface area contributed by atoms with Gasteiger partial charge >= 0.3 is 0 Å². The monoisotopic (exact) mass is 336 g/mol. The third-order valence-corrected chi connectivity index (χ3v) is 6.32. The maximum atomic E-state index is 3.55. The van der Waals surface area contributed by atoms with E-state index < -0.39 is 0 Å². The summed E-state index contributed by atoms with van der Waals surface area (Å²) in [7, 11) is 0. The van der Waals surface area contributed by atoms with Crippen molar-refractivity contribution in [2.75, 3.05) is 32.7 Å². The molecule has 2 aromatic rings. The number of rotatable bonds is 5. The summed E-state index contributed by atoms with van der Waals surface area (Å²) < 4.78 is 0. The summed E-state index contributed by atoms with van der Waals surface area (Å²) in [4.78, 5) is 2.70. The molecular weight excluding hydrogens is 304 g/mol. The number of likely N-dealkylation sites (tertiary alicyclic amines) is 1. The molecule has 2 heterocycles. The predicted molar refractivity (Wildman–Crippen MR) is 107 cm³/mol. The summed E-state index contributed by atoms with van der Waals surface area (Å²) in [5.41, 5.74) is 1.55. The van der Waals surface area contributed by atoms with E-state index in [0.717, 1.165) is 11.8 Å². The maximum Gasteiger partial charge on any atom is -0.00129 e. The molecule has 0 radical (unpaired) electrons. The number of fused-ring (bicyclic) bond motifs is 1. The molecule has 2 saturated heterocycles. The van der Waals surface area contributed by atoms with Gasteiger partial charge in [0.1, 0.15) is 0 Å². The average Bonchev–Trinajstić information content (AvgIpc) is 2.69. The van der Waals surface area contributed by atoms with E-state index >= 15 is 0 Å². The van der Waals surface area contributed by atoms with Crippen molar-refractivity contribution in [3.8, 4) is 0 Å². The minimum atomic E-state index is 0.753. The second-order valence-electron chi connectivity index (χ2n) is 8.08. The van der Waals surface area contributed by atoms with Crippen molar-refractivity contribution in [1.29, 1.82) is 0 Å². The summed E-state index contributed by atoms with van der Waals surface area (Å²) in [5.74, 6) is 1.69. The highest BCUT2D eigenvalue weighted by molar-refractivity contribution is 5.83. The first-order valence-corrected chi connectivity index (χ1v) is 10.3. The molecule has 0 aliphatic carbocycles. The van der Waals surface area contributed by atoms with Crippen LogP contribution in [-0.4, -0.2) is 37.6 Å². The Morgan fingerprint density at radius 3 is 2.60 bits per heavy atom. The van der Waals surface area contributed by atoms with Crippen molar-refractivity contribution >= 4 is 10.8 Å². The van der Waals surface area contributed by atoms with Gasteiger partial charge in [-0.1, -0.05) is 42.5 Å². The molecule has 4 rings (SSSR count). The molecule has 2 heteroatoms. The molecule has 0 saturated carbocycles. The van der Waals surface area contributed by atoms with E-state index in [9.17, 15) is 0 Å². The molecule has 1 N–H and O–H groups in total. The first-order valence-electron chi connectivity index (χ1n) is 10.3. The van der Waals surface area contributed by atoms with Crippen LogP contribution >= 0.6 is 0 Å². The molecule has 2 aromatic carbocycles. The van der Waals surface area contributed by atoms with Crippen LogP contribution in [0.15, 0.2) is 42.5 Å². The van der Waals surface area contributed by atoms with Gasteiger partial charge in [-0.3, -0.25) is 0 Å². The van der Waals surface area contributed by atoms with Crippen LogP contribution in [0.25, 0.3) is 10.8 Å². The van der Waals surface area contributed by atoms with E-state index in [4.69, 9.17) is 0 Å². The Balaban J connectivity index is 1.24. The van der Waals surface area contributed by atoms with Crippen LogP contribution in [0.4, 0.5) is 0 Å². The molecule has 0 spiro atoms. The van der Waals surface area contributed by atoms with Gasteiger partial charge in [0.05, 0.1) is 0 Å². The van der Waals surface area contributed by atoms with Crippen LogP contribution in [0.1, 0.15) is 50.0 Å². The van der Waals surface area contributed by atoms with Gasteiger partial charge in [0, 0.05) is 0 Å². The Bertz CT molecular complexity index is 667. The van der Waals surface area contributed by atoms with Gasteiger partial charge in [-0.2, -0.15) is 0 Å². The average molecular weight is 337 g/mol. The SMILES string of the molecule is c1ccc2cc(C3CCN(CCCC4CCCNC4)CC3)ccc2c1. The number of nitrogens with zero attached hydrogens (tertiary/aromatic N) is 1. The van der Waals surface area contributed by atoms with Crippen LogP contribution in [0, 0.1) is 5.92 Å². The van der Waals surface area contributed by atoms with Crippen molar-refractivity contribution in [2.45, 2.75) is 44.4 Å². The van der Waals surface area contributed by atoms with Gasteiger partial charge in [0.15, 0.2) is 0 Å². The summed E-state index contributed by atoms with van der Waals surface area (Å²) >= 11 is 0. The zero-order valence-electron chi connectivity index (χ0n) is 15.4. The molecular formula is C23H32N2. The van der Waals surface area contributed by atoms with Crippen molar-refractivity contribution in [3.05, 3.63) is 48.0 Å². The molecule has 2 nitrogen and oxygen atoms in total. The fraction of sp³-hybridized carbons (Fsp3) is 0.565. The topological polar surface area (TPSA) is 15.3 Å². The van der Waals surface area contributed by atoms with Gasteiger partial charge in [-0.15, -0.1) is 0 Å². The summed E-state index contributed by atoms with van der Waals surface area (Å²) in [5, 5.41) is 6.30. The minimum absolute atomic E-state index is 0.753. The molecule has 0 bridgehead atoms. The molecule has 2 aliphatic rings. The van der Waals surface area contributed by atoms with Crippen molar-refractivity contribution < 1.29 is 0 Å². The highest BCUT2D eigenvalue weighted by atomic mass is 15.1. The Morgan fingerprint density at radius 1 is 0.960 bits per heavy atom. The molecule has 2 fully saturated rings. The lowest BCUT2D eigenvalue weighted by Gasteiger charge is -2.33. The molecule has 1 atom stereocenters. The fourth-order valence-electron chi connectivity index (χ4n) is 4.73. The predicted octanol–water partition coefficient (Wildman–Crippen LogP) is 4.80. The van der Waals surface area contributed by atoms with E-state index in [2.05, 4.69) is 52.7 Å². The van der Waals surface area contributed by atoms with E-state index in [1.807, 2.05) is 0 Å².